The molecule has 1 aliphatic heterocycles. The first kappa shape index (κ1) is 41.2. The second kappa shape index (κ2) is 18.2. The standard InChI is InChI=1S/C33H45N5O11.CH4/c1-33(2,3)49-32(47)34-12-6-7-22-30(44)38(4)25(29(43)36-24(17-39)31(45)46)16-21-14-19(9-11-27(21)41)18-8-10-26(40)20(13-18)15-23(37-48-5)28(42)35-22;/h8-11,13-14,22-25,37,39-41H,6-7,12,15-17H2,1-5H3,(H,34,47)(H,35,42)(H,36,43)(H,45,46);1H4/t22-,23?,24-,25?;/m0./s1. The third kappa shape index (κ3) is 11.3. The van der Waals surface area contributed by atoms with E-state index in [2.05, 4.69) is 21.4 Å². The monoisotopic (exact) mass is 703 g/mol. The Morgan fingerprint density at radius 2 is 1.60 bits per heavy atom. The molecule has 16 heteroatoms. The summed E-state index contributed by atoms with van der Waals surface area (Å²) in [4.78, 5) is 71.3. The topological polar surface area (TPSA) is 236 Å². The van der Waals surface area contributed by atoms with Crippen LogP contribution in [0, 0.1) is 0 Å². The lowest BCUT2D eigenvalue weighted by Gasteiger charge is -2.32. The van der Waals surface area contributed by atoms with Crippen molar-refractivity contribution in [3.05, 3.63) is 47.5 Å². The van der Waals surface area contributed by atoms with Crippen LogP contribution >= 0.6 is 0 Å². The zero-order valence-corrected chi connectivity index (χ0v) is 28.1. The van der Waals surface area contributed by atoms with Crippen LogP contribution < -0.4 is 21.4 Å². The number of phenolic OH excluding ortho intramolecular Hbond substituents is 2. The van der Waals surface area contributed by atoms with Crippen molar-refractivity contribution in [1.29, 1.82) is 0 Å². The zero-order valence-electron chi connectivity index (χ0n) is 28.1. The summed E-state index contributed by atoms with van der Waals surface area (Å²) in [5, 5.41) is 48.0. The van der Waals surface area contributed by atoms with Crippen molar-refractivity contribution in [1.82, 2.24) is 26.3 Å². The second-order valence-electron chi connectivity index (χ2n) is 12.6. The largest absolute Gasteiger partial charge is 0.508 e. The van der Waals surface area contributed by atoms with Gasteiger partial charge in [-0.25, -0.2) is 9.59 Å². The smallest absolute Gasteiger partial charge is 0.407 e. The molecule has 0 radical (unpaired) electrons. The fraction of sp³-hybridized carbons (Fsp3) is 0.500. The van der Waals surface area contributed by atoms with E-state index in [1.165, 1.54) is 26.3 Å². The van der Waals surface area contributed by atoms with E-state index in [-0.39, 0.29) is 56.7 Å². The van der Waals surface area contributed by atoms with Gasteiger partial charge < -0.3 is 50.9 Å². The third-order valence-corrected chi connectivity index (χ3v) is 7.77. The van der Waals surface area contributed by atoms with Crippen molar-refractivity contribution >= 4 is 29.8 Å². The number of fused-ring (bicyclic) bond motifs is 5. The molecular formula is C34H49N5O11. The van der Waals surface area contributed by atoms with Crippen molar-refractivity contribution in [2.75, 3.05) is 27.3 Å². The highest BCUT2D eigenvalue weighted by Gasteiger charge is 2.36. The van der Waals surface area contributed by atoms with Crippen LogP contribution in [0.1, 0.15) is 52.2 Å². The number of hydroxylamine groups is 1. The predicted octanol–water partition coefficient (Wildman–Crippen LogP) is 1.20. The highest BCUT2D eigenvalue weighted by molar-refractivity contribution is 5.94. The maximum atomic E-state index is 14.1. The fourth-order valence-electron chi connectivity index (χ4n) is 5.21. The van der Waals surface area contributed by atoms with E-state index in [1.54, 1.807) is 45.0 Å². The van der Waals surface area contributed by atoms with Gasteiger partial charge in [0.1, 0.15) is 41.3 Å². The van der Waals surface area contributed by atoms with Crippen molar-refractivity contribution < 1.29 is 54.0 Å². The van der Waals surface area contributed by atoms with Crippen molar-refractivity contribution in [2.45, 2.75) is 83.6 Å². The number of carbonyl (C=O) groups excluding carboxylic acids is 4. The van der Waals surface area contributed by atoms with Crippen LogP contribution in [0.15, 0.2) is 36.4 Å². The number of aliphatic carboxylic acids is 1. The van der Waals surface area contributed by atoms with Gasteiger partial charge in [0.05, 0.1) is 13.7 Å². The van der Waals surface area contributed by atoms with Crippen LogP contribution in [-0.2, 0) is 41.6 Å². The van der Waals surface area contributed by atoms with Gasteiger partial charge >= 0.3 is 12.1 Å². The number of carboxylic acids is 1. The van der Waals surface area contributed by atoms with E-state index >= 15 is 0 Å². The van der Waals surface area contributed by atoms with Gasteiger partial charge in [-0.15, -0.1) is 0 Å². The van der Waals surface area contributed by atoms with E-state index < -0.39 is 66.2 Å². The fourth-order valence-corrected chi connectivity index (χ4v) is 5.21. The molecule has 4 atom stereocenters. The molecule has 3 rings (SSSR count). The molecule has 2 aromatic carbocycles. The number of amides is 4. The molecule has 8 N–H and O–H groups in total. The number of benzene rings is 2. The van der Waals surface area contributed by atoms with E-state index in [9.17, 15) is 44.4 Å². The van der Waals surface area contributed by atoms with Crippen LogP contribution in [0.2, 0.25) is 0 Å². The van der Waals surface area contributed by atoms with Crippen molar-refractivity contribution in [3.8, 4) is 22.6 Å². The maximum Gasteiger partial charge on any atom is 0.407 e. The minimum absolute atomic E-state index is 0. The summed E-state index contributed by atoms with van der Waals surface area (Å²) in [6, 6.07) is 3.87. The Labute approximate surface area is 291 Å². The number of carbonyl (C=O) groups is 5. The van der Waals surface area contributed by atoms with Gasteiger partial charge in [-0.2, -0.15) is 5.48 Å². The Bertz CT molecular complexity index is 1530. The van der Waals surface area contributed by atoms with E-state index in [1.807, 2.05) is 0 Å². The van der Waals surface area contributed by atoms with Crippen LogP contribution in [0.4, 0.5) is 4.79 Å². The number of aliphatic hydroxyl groups excluding tert-OH is 1. The Kier molecular flexibility index (Phi) is 15.0. The number of aromatic hydroxyl groups is 2. The first-order valence-electron chi connectivity index (χ1n) is 15.6. The number of rotatable bonds is 10. The molecule has 50 heavy (non-hydrogen) atoms. The summed E-state index contributed by atoms with van der Waals surface area (Å²) >= 11 is 0. The number of phenols is 2. The maximum absolute atomic E-state index is 14.1. The molecule has 0 saturated carbocycles. The molecule has 1 heterocycles. The molecule has 2 unspecified atom stereocenters. The highest BCUT2D eigenvalue weighted by atomic mass is 16.6. The SMILES string of the molecule is C.CONC1Cc2cc(ccc2O)-c2ccc(O)c(c2)CC(C(=O)N[C@@H](CO)C(=O)O)N(C)C(=O)[C@H](CCCNC(=O)OC(C)(C)C)NC1=O. The normalized spacial score (nSPS) is 18.8. The number of hydrogen-bond acceptors (Lipinski definition) is 11. The molecule has 0 spiro atoms. The number of hydrogen-bond donors (Lipinski definition) is 8. The summed E-state index contributed by atoms with van der Waals surface area (Å²) in [6.07, 6.45) is -0.867. The molecule has 16 nitrogen and oxygen atoms in total. The zero-order chi connectivity index (χ0) is 36.5. The Balaban J connectivity index is 0.00000867. The van der Waals surface area contributed by atoms with E-state index in [0.29, 0.717) is 16.7 Å². The van der Waals surface area contributed by atoms with Crippen LogP contribution in [-0.4, -0.2) is 112 Å². The lowest BCUT2D eigenvalue weighted by Crippen LogP contribution is -2.58. The van der Waals surface area contributed by atoms with Gasteiger partial charge in [0.25, 0.3) is 0 Å². The van der Waals surface area contributed by atoms with Crippen LogP contribution in [0.3, 0.4) is 0 Å². The lowest BCUT2D eigenvalue weighted by molar-refractivity contribution is -0.146. The average Bonchev–Trinajstić information content (AvgIpc) is 3.03. The number of nitrogens with zero attached hydrogens (tertiary/aromatic N) is 1. The molecule has 1 aliphatic rings. The Morgan fingerprint density at radius 3 is 2.12 bits per heavy atom. The number of nitrogens with one attached hydrogen (secondary N) is 4. The van der Waals surface area contributed by atoms with Crippen molar-refractivity contribution in [2.24, 2.45) is 0 Å². The molecule has 0 saturated heterocycles. The first-order chi connectivity index (χ1) is 23.0. The summed E-state index contributed by atoms with van der Waals surface area (Å²) in [7, 11) is 2.60. The summed E-state index contributed by atoms with van der Waals surface area (Å²) in [5.74, 6) is -4.17. The van der Waals surface area contributed by atoms with Crippen LogP contribution in [0.25, 0.3) is 11.1 Å². The average molecular weight is 704 g/mol. The molecule has 4 bridgehead atoms. The number of aliphatic hydroxyl groups is 1. The molecule has 0 aliphatic carbocycles. The summed E-state index contributed by atoms with van der Waals surface area (Å²) in [6.45, 7) is 4.26. The van der Waals surface area contributed by atoms with Gasteiger partial charge in [-0.1, -0.05) is 19.6 Å². The number of ether oxygens (including phenoxy) is 1. The van der Waals surface area contributed by atoms with Gasteiger partial charge in [0.15, 0.2) is 0 Å². The van der Waals surface area contributed by atoms with E-state index in [0.717, 1.165) is 4.90 Å². The third-order valence-electron chi connectivity index (χ3n) is 7.77. The first-order valence-corrected chi connectivity index (χ1v) is 15.6. The lowest BCUT2D eigenvalue weighted by atomic mass is 9.95. The van der Waals surface area contributed by atoms with E-state index in [4.69, 9.17) is 9.57 Å². The molecule has 0 aromatic heterocycles. The summed E-state index contributed by atoms with van der Waals surface area (Å²) < 4.78 is 5.24. The predicted molar refractivity (Wildman–Crippen MR) is 182 cm³/mol. The molecule has 4 amide bonds. The minimum Gasteiger partial charge on any atom is -0.508 e. The van der Waals surface area contributed by atoms with Gasteiger partial charge in [-0.3, -0.25) is 14.4 Å². The Morgan fingerprint density at radius 1 is 1.02 bits per heavy atom. The highest BCUT2D eigenvalue weighted by Crippen LogP contribution is 2.31. The van der Waals surface area contributed by atoms with Gasteiger partial charge in [0.2, 0.25) is 17.7 Å². The Hall–Kier alpha value is -4.93. The number of alkyl carbamates (subject to hydrolysis) is 1. The summed E-state index contributed by atoms with van der Waals surface area (Å²) in [5.41, 5.74) is 3.64. The number of likely N-dealkylation sites (N-methyl/N-ethyl adjacent to an activating group) is 1. The molecular weight excluding hydrogens is 654 g/mol. The molecule has 2 aromatic rings. The number of carboxylic acid groups (broad SMARTS) is 1. The quantitative estimate of drug-likeness (QED) is 0.129. The van der Waals surface area contributed by atoms with Crippen LogP contribution in [0.5, 0.6) is 11.5 Å². The van der Waals surface area contributed by atoms with Gasteiger partial charge in [-0.05, 0) is 80.1 Å². The molecule has 0 fully saturated rings. The molecule has 276 valence electrons. The second-order valence-corrected chi connectivity index (χ2v) is 12.6. The minimum atomic E-state index is -1.68. The van der Waals surface area contributed by atoms with Crippen molar-refractivity contribution in [3.63, 3.8) is 0 Å². The van der Waals surface area contributed by atoms with Gasteiger partial charge in [0, 0.05) is 26.4 Å².